The molecule has 0 atom stereocenters. The van der Waals surface area contributed by atoms with Crippen LogP contribution in [-0.4, -0.2) is 48.3 Å². The Morgan fingerprint density at radius 1 is 1.04 bits per heavy atom. The zero-order chi connectivity index (χ0) is 19.7. The highest BCUT2D eigenvalue weighted by molar-refractivity contribution is 5.84. The normalized spacial score (nSPS) is 19.3. The SMILES string of the molecule is O=C(N1CC(O)C1)C1(Cc2ccc(-c3ccc(F)c(F)c3)cc2)CCOCC1. The highest BCUT2D eigenvalue weighted by Gasteiger charge is 2.45. The third-order valence-electron chi connectivity index (χ3n) is 5.80. The Morgan fingerprint density at radius 2 is 1.68 bits per heavy atom. The van der Waals surface area contributed by atoms with E-state index in [0.717, 1.165) is 17.2 Å². The van der Waals surface area contributed by atoms with E-state index in [-0.39, 0.29) is 5.91 Å². The van der Waals surface area contributed by atoms with Crippen molar-refractivity contribution in [2.24, 2.45) is 5.41 Å². The fourth-order valence-corrected chi connectivity index (χ4v) is 4.07. The number of ether oxygens (including phenoxy) is 1. The van der Waals surface area contributed by atoms with Gasteiger partial charge >= 0.3 is 0 Å². The van der Waals surface area contributed by atoms with Gasteiger partial charge in [0.25, 0.3) is 0 Å². The molecule has 0 unspecified atom stereocenters. The highest BCUT2D eigenvalue weighted by atomic mass is 19.2. The minimum Gasteiger partial charge on any atom is -0.389 e. The zero-order valence-corrected chi connectivity index (χ0v) is 15.5. The number of aliphatic hydroxyl groups excluding tert-OH is 1. The van der Waals surface area contributed by atoms with E-state index in [1.807, 2.05) is 24.3 Å². The lowest BCUT2D eigenvalue weighted by Crippen LogP contribution is -2.59. The van der Waals surface area contributed by atoms with Crippen molar-refractivity contribution in [2.45, 2.75) is 25.4 Å². The minimum atomic E-state index is -0.870. The van der Waals surface area contributed by atoms with Crippen LogP contribution in [0.3, 0.4) is 0 Å². The van der Waals surface area contributed by atoms with Crippen molar-refractivity contribution in [1.29, 1.82) is 0 Å². The molecule has 2 aliphatic rings. The van der Waals surface area contributed by atoms with E-state index in [1.54, 1.807) is 11.0 Å². The maximum absolute atomic E-state index is 13.5. The molecule has 2 aliphatic heterocycles. The van der Waals surface area contributed by atoms with E-state index in [4.69, 9.17) is 4.74 Å². The first-order chi connectivity index (χ1) is 13.5. The first kappa shape index (κ1) is 19.0. The van der Waals surface area contributed by atoms with Crippen molar-refractivity contribution in [2.75, 3.05) is 26.3 Å². The number of hydrogen-bond donors (Lipinski definition) is 1. The van der Waals surface area contributed by atoms with Crippen LogP contribution in [0, 0.1) is 17.0 Å². The van der Waals surface area contributed by atoms with Crippen molar-refractivity contribution in [3.63, 3.8) is 0 Å². The molecule has 148 valence electrons. The number of amides is 1. The smallest absolute Gasteiger partial charge is 0.229 e. The predicted molar refractivity (Wildman–Crippen MR) is 101 cm³/mol. The van der Waals surface area contributed by atoms with Crippen molar-refractivity contribution in [3.05, 3.63) is 59.7 Å². The van der Waals surface area contributed by atoms with Crippen LogP contribution in [0.5, 0.6) is 0 Å². The van der Waals surface area contributed by atoms with Gasteiger partial charge in [-0.25, -0.2) is 8.78 Å². The van der Waals surface area contributed by atoms with Crippen LogP contribution in [0.1, 0.15) is 18.4 Å². The second-order valence-corrected chi connectivity index (χ2v) is 7.76. The summed E-state index contributed by atoms with van der Waals surface area (Å²) < 4.78 is 32.1. The van der Waals surface area contributed by atoms with Gasteiger partial charge in [-0.2, -0.15) is 0 Å². The fourth-order valence-electron chi connectivity index (χ4n) is 4.07. The van der Waals surface area contributed by atoms with E-state index in [1.165, 1.54) is 6.07 Å². The van der Waals surface area contributed by atoms with E-state index in [0.29, 0.717) is 51.1 Å². The molecule has 28 heavy (non-hydrogen) atoms. The summed E-state index contributed by atoms with van der Waals surface area (Å²) in [6.07, 6.45) is 1.49. The number of rotatable bonds is 4. The molecule has 0 spiro atoms. The number of hydrogen-bond acceptors (Lipinski definition) is 3. The standard InChI is InChI=1S/C22H23F2NO3/c23-19-6-5-17(11-20(19)24)16-3-1-15(2-4-16)12-22(7-9-28-10-8-22)21(27)25-13-18(26)14-25/h1-6,11,18,26H,7-10,12-14H2. The third kappa shape index (κ3) is 3.66. The van der Waals surface area contributed by atoms with E-state index in [2.05, 4.69) is 0 Å². The summed E-state index contributed by atoms with van der Waals surface area (Å²) in [6.45, 7) is 1.90. The molecule has 4 nitrogen and oxygen atoms in total. The van der Waals surface area contributed by atoms with Crippen molar-refractivity contribution < 1.29 is 23.4 Å². The van der Waals surface area contributed by atoms with Crippen LogP contribution >= 0.6 is 0 Å². The molecule has 2 heterocycles. The minimum absolute atomic E-state index is 0.0887. The molecular weight excluding hydrogens is 364 g/mol. The molecule has 0 aliphatic carbocycles. The van der Waals surface area contributed by atoms with Crippen molar-refractivity contribution in [1.82, 2.24) is 4.90 Å². The molecule has 2 fully saturated rings. The van der Waals surface area contributed by atoms with Gasteiger partial charge in [-0.15, -0.1) is 0 Å². The topological polar surface area (TPSA) is 49.8 Å². The first-order valence-corrected chi connectivity index (χ1v) is 9.56. The number of carbonyl (C=O) groups excluding carboxylic acids is 1. The Kier molecular flexibility index (Phi) is 5.17. The lowest BCUT2D eigenvalue weighted by atomic mass is 9.73. The summed E-state index contributed by atoms with van der Waals surface area (Å²) in [5, 5.41) is 9.55. The second-order valence-electron chi connectivity index (χ2n) is 7.76. The van der Waals surface area contributed by atoms with Crippen LogP contribution in [0.25, 0.3) is 11.1 Å². The van der Waals surface area contributed by atoms with E-state index >= 15 is 0 Å². The molecule has 6 heteroatoms. The van der Waals surface area contributed by atoms with Crippen LogP contribution < -0.4 is 0 Å². The fraction of sp³-hybridized carbons (Fsp3) is 0.409. The van der Waals surface area contributed by atoms with Gasteiger partial charge in [0.1, 0.15) is 0 Å². The van der Waals surface area contributed by atoms with Crippen LogP contribution in [0.15, 0.2) is 42.5 Å². The lowest BCUT2D eigenvalue weighted by molar-refractivity contribution is -0.158. The highest BCUT2D eigenvalue weighted by Crippen LogP contribution is 2.38. The number of β-amino-alcohol motifs (C(OH)–C–C–N with tert-alkyl or cyclic N) is 1. The largest absolute Gasteiger partial charge is 0.389 e. The molecule has 2 aromatic carbocycles. The molecule has 0 radical (unpaired) electrons. The van der Waals surface area contributed by atoms with Crippen molar-refractivity contribution in [3.8, 4) is 11.1 Å². The molecule has 4 rings (SSSR count). The van der Waals surface area contributed by atoms with Gasteiger partial charge in [0.15, 0.2) is 11.6 Å². The van der Waals surface area contributed by atoms with Crippen molar-refractivity contribution >= 4 is 5.91 Å². The summed E-state index contributed by atoms with van der Waals surface area (Å²) in [4.78, 5) is 14.8. The molecule has 2 aromatic rings. The van der Waals surface area contributed by atoms with Crippen LogP contribution in [0.4, 0.5) is 8.78 Å². The molecule has 0 bridgehead atoms. The lowest BCUT2D eigenvalue weighted by Gasteiger charge is -2.45. The summed E-state index contributed by atoms with van der Waals surface area (Å²) in [5.41, 5.74) is 1.91. The Balaban J connectivity index is 1.53. The number of nitrogens with zero attached hydrogens (tertiary/aromatic N) is 1. The van der Waals surface area contributed by atoms with Crippen LogP contribution in [-0.2, 0) is 16.0 Å². The maximum Gasteiger partial charge on any atom is 0.229 e. The van der Waals surface area contributed by atoms with Gasteiger partial charge < -0.3 is 14.7 Å². The Morgan fingerprint density at radius 3 is 2.29 bits per heavy atom. The predicted octanol–water partition coefficient (Wildman–Crippen LogP) is 3.17. The second kappa shape index (κ2) is 7.60. The number of aliphatic hydroxyl groups is 1. The number of likely N-dealkylation sites (tertiary alicyclic amines) is 1. The van der Waals surface area contributed by atoms with Gasteiger partial charge in [-0.05, 0) is 48.1 Å². The zero-order valence-electron chi connectivity index (χ0n) is 15.5. The number of benzene rings is 2. The summed E-state index contributed by atoms with van der Waals surface area (Å²) in [5.74, 6) is -1.65. The van der Waals surface area contributed by atoms with E-state index in [9.17, 15) is 18.7 Å². The Hall–Kier alpha value is -2.31. The third-order valence-corrected chi connectivity index (χ3v) is 5.80. The monoisotopic (exact) mass is 387 g/mol. The molecule has 0 saturated carbocycles. The van der Waals surface area contributed by atoms with Gasteiger partial charge in [0, 0.05) is 26.3 Å². The van der Waals surface area contributed by atoms with Gasteiger partial charge in [0.05, 0.1) is 11.5 Å². The Bertz CT molecular complexity index is 857. The Labute approximate surface area is 162 Å². The van der Waals surface area contributed by atoms with Crippen LogP contribution in [0.2, 0.25) is 0 Å². The molecule has 2 saturated heterocycles. The quantitative estimate of drug-likeness (QED) is 0.877. The molecule has 1 amide bonds. The summed E-state index contributed by atoms with van der Waals surface area (Å²) >= 11 is 0. The maximum atomic E-state index is 13.5. The average Bonchev–Trinajstić information content (AvgIpc) is 2.68. The van der Waals surface area contributed by atoms with E-state index < -0.39 is 23.2 Å². The molecule has 1 N–H and O–H groups in total. The molecular formula is C22H23F2NO3. The van der Waals surface area contributed by atoms with Gasteiger partial charge in [0.2, 0.25) is 5.91 Å². The molecule has 0 aromatic heterocycles. The van der Waals surface area contributed by atoms with Gasteiger partial charge in [-0.3, -0.25) is 4.79 Å². The van der Waals surface area contributed by atoms with Gasteiger partial charge in [-0.1, -0.05) is 30.3 Å². The first-order valence-electron chi connectivity index (χ1n) is 9.56. The number of carbonyl (C=O) groups is 1. The average molecular weight is 387 g/mol. The summed E-state index contributed by atoms with van der Waals surface area (Å²) in [6, 6.07) is 11.5. The number of halogens is 2. The summed E-state index contributed by atoms with van der Waals surface area (Å²) in [7, 11) is 0.